The van der Waals surface area contributed by atoms with Crippen molar-refractivity contribution in [3.63, 3.8) is 0 Å². The zero-order valence-corrected chi connectivity index (χ0v) is 44.4. The number of esters is 1. The van der Waals surface area contributed by atoms with Gasteiger partial charge in [-0.1, -0.05) is 63.2 Å². The van der Waals surface area contributed by atoms with Crippen molar-refractivity contribution in [3.05, 3.63) is 124 Å². The number of hydrogen-bond acceptors (Lipinski definition) is 15. The van der Waals surface area contributed by atoms with Gasteiger partial charge in [-0.25, -0.2) is 27.6 Å². The lowest BCUT2D eigenvalue weighted by Gasteiger charge is -2.35. The molecule has 8 N–H and O–H groups in total. The molecule has 1 saturated heterocycles. The van der Waals surface area contributed by atoms with Crippen LogP contribution >= 0.6 is 11.3 Å². The Morgan fingerprint density at radius 1 is 0.987 bits per heavy atom. The van der Waals surface area contributed by atoms with Crippen LogP contribution in [0.2, 0.25) is 0 Å². The summed E-state index contributed by atoms with van der Waals surface area (Å²) in [4.78, 5) is 77.6. The van der Waals surface area contributed by atoms with E-state index >= 15 is 0 Å². The van der Waals surface area contributed by atoms with Crippen LogP contribution in [0.4, 0.5) is 21.7 Å². The molecule has 0 bridgehead atoms. The number of H-pyrrole nitrogens is 1. The first-order valence-electron chi connectivity index (χ1n) is 24.5. The number of nitrogens with one attached hydrogen (secondary N) is 5. The van der Waals surface area contributed by atoms with E-state index in [0.29, 0.717) is 24.0 Å². The number of likely N-dealkylation sites (tertiary alicyclic amines) is 1. The smallest absolute Gasteiger partial charge is 0.339 e. The van der Waals surface area contributed by atoms with E-state index < -0.39 is 75.1 Å². The number of aliphatic hydroxyl groups is 1. The van der Waals surface area contributed by atoms with Gasteiger partial charge in [0.15, 0.2) is 5.82 Å². The van der Waals surface area contributed by atoms with Crippen molar-refractivity contribution in [2.75, 3.05) is 28.9 Å². The number of anilines is 3. The number of aromatic amines is 1. The monoisotopic (exact) mass is 1080 g/mol. The molecule has 6 aromatic rings. The number of ether oxygens (including phenoxy) is 2. The molecule has 4 atom stereocenters. The molecule has 3 aromatic heterocycles. The summed E-state index contributed by atoms with van der Waals surface area (Å²) >= 11 is 1.55. The van der Waals surface area contributed by atoms with Crippen molar-refractivity contribution < 1.29 is 51.4 Å². The third-order valence-corrected chi connectivity index (χ3v) is 14.8. The number of rotatable bonds is 22. The fraction of sp³-hybridized carbons (Fsp3) is 0.358. The number of β-amino-alcohol motifs (C(OH)–C–C–N with tert-alkyl or cyclic N) is 1. The highest BCUT2D eigenvalue weighted by Crippen LogP contribution is 2.37. The normalized spacial score (nSPS) is 15.3. The summed E-state index contributed by atoms with van der Waals surface area (Å²) in [5.41, 5.74) is 11.0. The highest BCUT2D eigenvalue weighted by molar-refractivity contribution is 7.92. The van der Waals surface area contributed by atoms with Gasteiger partial charge in [-0.3, -0.25) is 29.0 Å². The molecular weight excluding hydrogens is 1020 g/mol. The maximum Gasteiger partial charge on any atom is 0.339 e. The summed E-state index contributed by atoms with van der Waals surface area (Å²) in [6.07, 6.45) is 0.420. The van der Waals surface area contributed by atoms with Crippen molar-refractivity contribution >= 4 is 68.3 Å². The van der Waals surface area contributed by atoms with Gasteiger partial charge in [-0.05, 0) is 92.1 Å². The number of pyridine rings is 1. The minimum absolute atomic E-state index is 0.00371. The van der Waals surface area contributed by atoms with E-state index in [1.54, 1.807) is 62.7 Å². The standard InChI is InChI=1S/C53H61FN10O10S2/c1-7-76(71,72)63-39-21-17-35(24-41(39)74-31(3)33-15-19-37(54)20-16-33)45-44(48(55)67)49(62-61-45)59-42-22-18-36(27-56-42)52(70)73-23-9-8-10-43(66)60-47(53(4,5)6)51(69)64-28-38(65)25-40(64)50(68)57-26-32-11-13-34(14-12-32)46-30(2)58-29-75-46/h11-22,24,27,29,31,38,40,47,63,65H,7-10,23,25-26,28H2,1-6H3,(H2,55,67)(H,57,68)(H,60,66)(H2,56,59,61,62)/t31?,38-,40+,47?/m1/s1. The zero-order valence-electron chi connectivity index (χ0n) is 42.8. The van der Waals surface area contributed by atoms with Crippen molar-refractivity contribution in [1.29, 1.82) is 0 Å². The van der Waals surface area contributed by atoms with Gasteiger partial charge in [-0.15, -0.1) is 11.3 Å². The Kier molecular flexibility index (Phi) is 17.9. The van der Waals surface area contributed by atoms with Gasteiger partial charge >= 0.3 is 5.97 Å². The molecule has 1 fully saturated rings. The summed E-state index contributed by atoms with van der Waals surface area (Å²) in [6.45, 7) is 10.7. The Bertz CT molecular complexity index is 3160. The van der Waals surface area contributed by atoms with E-state index in [4.69, 9.17) is 15.2 Å². The average Bonchev–Trinajstić information content (AvgIpc) is 4.13. The molecule has 0 spiro atoms. The number of aliphatic hydroxyl groups excluding tert-OH is 1. The molecule has 402 valence electrons. The molecule has 7 rings (SSSR count). The van der Waals surface area contributed by atoms with Crippen molar-refractivity contribution in [2.45, 2.75) is 98.1 Å². The van der Waals surface area contributed by atoms with Gasteiger partial charge in [0, 0.05) is 37.7 Å². The number of amides is 4. The van der Waals surface area contributed by atoms with Gasteiger partial charge in [-0.2, -0.15) is 5.10 Å². The Balaban J connectivity index is 0.898. The van der Waals surface area contributed by atoms with Crippen LogP contribution in [-0.2, 0) is 35.7 Å². The van der Waals surface area contributed by atoms with Crippen LogP contribution in [0.3, 0.4) is 0 Å². The summed E-state index contributed by atoms with van der Waals surface area (Å²) < 4.78 is 52.9. The fourth-order valence-electron chi connectivity index (χ4n) is 8.33. The molecular formula is C53H61FN10O10S2. The summed E-state index contributed by atoms with van der Waals surface area (Å²) in [7, 11) is -3.73. The lowest BCUT2D eigenvalue weighted by Crippen LogP contribution is -2.57. The topological polar surface area (TPSA) is 290 Å². The number of aromatic nitrogens is 4. The van der Waals surface area contributed by atoms with Crippen LogP contribution in [0.15, 0.2) is 90.6 Å². The first-order chi connectivity index (χ1) is 36.1. The van der Waals surface area contributed by atoms with Gasteiger partial charge in [0.1, 0.15) is 41.1 Å². The molecule has 76 heavy (non-hydrogen) atoms. The Hall–Kier alpha value is -7.76. The number of carbonyl (C=O) groups is 5. The van der Waals surface area contributed by atoms with Gasteiger partial charge < -0.3 is 41.2 Å². The predicted octanol–water partition coefficient (Wildman–Crippen LogP) is 6.92. The summed E-state index contributed by atoms with van der Waals surface area (Å²) in [5, 5.41) is 26.3. The lowest BCUT2D eigenvalue weighted by molar-refractivity contribution is -0.144. The number of nitrogens with zero attached hydrogens (tertiary/aromatic N) is 4. The van der Waals surface area contributed by atoms with E-state index in [1.165, 1.54) is 54.4 Å². The van der Waals surface area contributed by atoms with Crippen LogP contribution in [0.5, 0.6) is 5.75 Å². The maximum absolute atomic E-state index is 14.1. The second-order valence-corrected chi connectivity index (χ2v) is 22.2. The maximum atomic E-state index is 14.1. The number of unbranched alkanes of at least 4 members (excludes halogenated alkanes) is 1. The molecule has 1 aliphatic heterocycles. The highest BCUT2D eigenvalue weighted by atomic mass is 32.2. The number of aryl methyl sites for hydroxylation is 1. The largest absolute Gasteiger partial charge is 0.484 e. The molecule has 0 aliphatic carbocycles. The number of sulfonamides is 1. The third kappa shape index (κ3) is 14.1. The van der Waals surface area contributed by atoms with Crippen LogP contribution in [0.25, 0.3) is 21.7 Å². The molecule has 23 heteroatoms. The molecule has 1 aliphatic rings. The van der Waals surface area contributed by atoms with Crippen LogP contribution in [0.1, 0.15) is 104 Å². The van der Waals surface area contributed by atoms with Gasteiger partial charge in [0.05, 0.1) is 51.5 Å². The number of halogens is 1. The number of nitrogens with two attached hydrogens (primary N) is 1. The first-order valence-corrected chi connectivity index (χ1v) is 27.0. The molecule has 4 amide bonds. The van der Waals surface area contributed by atoms with Crippen molar-refractivity contribution in [3.8, 4) is 27.4 Å². The second-order valence-electron chi connectivity index (χ2n) is 19.3. The first kappa shape index (κ1) is 56.0. The minimum Gasteiger partial charge on any atom is -0.484 e. The molecule has 2 unspecified atom stereocenters. The number of hydrogen-bond donors (Lipinski definition) is 7. The van der Waals surface area contributed by atoms with Gasteiger partial charge in [0.25, 0.3) is 5.91 Å². The Morgan fingerprint density at radius 3 is 2.36 bits per heavy atom. The Labute approximate surface area is 443 Å². The average molecular weight is 1080 g/mol. The van der Waals surface area contributed by atoms with E-state index in [-0.39, 0.29) is 78.2 Å². The van der Waals surface area contributed by atoms with Crippen LogP contribution in [0, 0.1) is 18.2 Å². The third-order valence-electron chi connectivity index (χ3n) is 12.6. The van der Waals surface area contributed by atoms with E-state index in [0.717, 1.165) is 21.7 Å². The van der Waals surface area contributed by atoms with Crippen molar-refractivity contribution in [2.24, 2.45) is 11.1 Å². The minimum atomic E-state index is -3.73. The number of primary amides is 1. The zero-order chi connectivity index (χ0) is 54.9. The number of carbonyl (C=O) groups excluding carboxylic acids is 5. The van der Waals surface area contributed by atoms with Crippen LogP contribution in [-0.4, -0.2) is 105 Å². The fourth-order valence-corrected chi connectivity index (χ4v) is 9.79. The van der Waals surface area contributed by atoms with E-state index in [9.17, 15) is 41.9 Å². The lowest BCUT2D eigenvalue weighted by atomic mass is 9.85. The van der Waals surface area contributed by atoms with Crippen molar-refractivity contribution in [1.82, 2.24) is 35.7 Å². The van der Waals surface area contributed by atoms with E-state index in [1.807, 2.05) is 31.2 Å². The highest BCUT2D eigenvalue weighted by Gasteiger charge is 2.44. The van der Waals surface area contributed by atoms with Gasteiger partial charge in [0.2, 0.25) is 27.7 Å². The number of thiazole rings is 1. The summed E-state index contributed by atoms with van der Waals surface area (Å²) in [5.74, 6) is -3.17. The SMILES string of the molecule is CCS(=O)(=O)Nc1ccc(-c2[nH]nc(Nc3ccc(C(=O)OCCCCC(=O)NC(C(=O)N4C[C@H](O)C[C@H]4C(=O)NCc4ccc(-c5scnc5C)cc4)C(C)(C)C)cn3)c2C(N)=O)cc1OC(C)c1ccc(F)cc1. The quantitative estimate of drug-likeness (QED) is 0.0268. The molecule has 3 aromatic carbocycles. The Morgan fingerprint density at radius 2 is 1.71 bits per heavy atom. The second kappa shape index (κ2) is 24.3. The van der Waals surface area contributed by atoms with E-state index in [2.05, 4.69) is 40.8 Å². The summed E-state index contributed by atoms with van der Waals surface area (Å²) in [6, 6.07) is 18.9. The molecule has 0 radical (unpaired) electrons. The number of benzene rings is 3. The molecule has 0 saturated carbocycles. The van der Waals surface area contributed by atoms with Crippen LogP contribution < -0.4 is 31.1 Å². The molecule has 20 nitrogen and oxygen atoms in total. The predicted molar refractivity (Wildman–Crippen MR) is 284 cm³/mol. The molecule has 4 heterocycles.